The molecule has 0 unspecified atom stereocenters. The van der Waals surface area contributed by atoms with Gasteiger partial charge in [0.2, 0.25) is 5.89 Å². The van der Waals surface area contributed by atoms with Crippen molar-refractivity contribution < 1.29 is 13.9 Å². The highest BCUT2D eigenvalue weighted by atomic mass is 16.5. The lowest BCUT2D eigenvalue weighted by Gasteiger charge is -1.94. The molecule has 0 radical (unpaired) electrons. The van der Waals surface area contributed by atoms with Crippen LogP contribution in [-0.4, -0.2) is 18.1 Å². The van der Waals surface area contributed by atoms with Crippen LogP contribution in [0.1, 0.15) is 29.3 Å². The molecule has 0 aliphatic rings. The van der Waals surface area contributed by atoms with E-state index >= 15 is 0 Å². The molecule has 12 heavy (non-hydrogen) atoms. The maximum Gasteiger partial charge on any atom is 0.360 e. The number of nitrogens with two attached hydrogens (primary N) is 1. The van der Waals surface area contributed by atoms with Crippen molar-refractivity contribution in [1.29, 1.82) is 0 Å². The van der Waals surface area contributed by atoms with Crippen molar-refractivity contribution in [2.45, 2.75) is 13.0 Å². The highest BCUT2D eigenvalue weighted by Gasteiger charge is 2.13. The van der Waals surface area contributed by atoms with E-state index in [1.807, 2.05) is 0 Å². The normalized spacial score (nSPS) is 12.6. The molecule has 0 saturated carbocycles. The number of nitrogens with zero attached hydrogens (tertiary/aromatic N) is 1. The topological polar surface area (TPSA) is 78.3 Å². The van der Waals surface area contributed by atoms with E-state index in [1.165, 1.54) is 13.4 Å². The van der Waals surface area contributed by atoms with Gasteiger partial charge in [-0.25, -0.2) is 9.78 Å². The second kappa shape index (κ2) is 3.36. The van der Waals surface area contributed by atoms with Crippen LogP contribution in [-0.2, 0) is 4.74 Å². The number of rotatable bonds is 2. The van der Waals surface area contributed by atoms with Crippen molar-refractivity contribution in [1.82, 2.24) is 4.98 Å². The molecule has 5 heteroatoms. The summed E-state index contributed by atoms with van der Waals surface area (Å²) in [7, 11) is 1.28. The summed E-state index contributed by atoms with van der Waals surface area (Å²) in [6, 6.07) is -0.316. The Kier molecular flexibility index (Phi) is 2.44. The van der Waals surface area contributed by atoms with E-state index in [0.717, 1.165) is 0 Å². The van der Waals surface area contributed by atoms with E-state index in [0.29, 0.717) is 5.89 Å². The van der Waals surface area contributed by atoms with Crippen LogP contribution in [0.3, 0.4) is 0 Å². The van der Waals surface area contributed by atoms with Crippen LogP contribution in [0.2, 0.25) is 0 Å². The number of methoxy groups -OCH3 is 1. The summed E-state index contributed by atoms with van der Waals surface area (Å²) < 4.78 is 9.34. The predicted octanol–water partition coefficient (Wildman–Crippen LogP) is 0.481. The number of esters is 1. The van der Waals surface area contributed by atoms with Gasteiger partial charge in [-0.3, -0.25) is 0 Å². The molecule has 0 spiro atoms. The molecule has 1 rings (SSSR count). The summed E-state index contributed by atoms with van der Waals surface area (Å²) in [6.45, 7) is 1.72. The third-order valence-electron chi connectivity index (χ3n) is 1.31. The van der Waals surface area contributed by atoms with Gasteiger partial charge in [-0.15, -0.1) is 0 Å². The molecule has 2 N–H and O–H groups in total. The van der Waals surface area contributed by atoms with Gasteiger partial charge in [-0.1, -0.05) is 0 Å². The molecule has 0 bridgehead atoms. The zero-order valence-corrected chi connectivity index (χ0v) is 6.90. The molecule has 66 valence electrons. The summed E-state index contributed by atoms with van der Waals surface area (Å²) >= 11 is 0. The average Bonchev–Trinajstić information content (AvgIpc) is 2.51. The Hall–Kier alpha value is -1.36. The molecule has 0 saturated heterocycles. The fourth-order valence-electron chi connectivity index (χ4n) is 0.695. The van der Waals surface area contributed by atoms with Gasteiger partial charge >= 0.3 is 5.97 Å². The van der Waals surface area contributed by atoms with Crippen molar-refractivity contribution in [3.63, 3.8) is 0 Å². The molecular formula is C7H10N2O3. The summed E-state index contributed by atoms with van der Waals surface area (Å²) in [5, 5.41) is 0. The number of ether oxygens (including phenoxy) is 1. The first-order valence-corrected chi connectivity index (χ1v) is 3.44. The van der Waals surface area contributed by atoms with Crippen LogP contribution in [0, 0.1) is 0 Å². The summed E-state index contributed by atoms with van der Waals surface area (Å²) in [4.78, 5) is 14.7. The van der Waals surface area contributed by atoms with Crippen molar-refractivity contribution in [2.75, 3.05) is 7.11 Å². The lowest BCUT2D eigenvalue weighted by molar-refractivity contribution is 0.0594. The van der Waals surface area contributed by atoms with Gasteiger partial charge in [0, 0.05) is 0 Å². The average molecular weight is 170 g/mol. The van der Waals surface area contributed by atoms with Crippen molar-refractivity contribution in [3.05, 3.63) is 17.8 Å². The fourth-order valence-corrected chi connectivity index (χ4v) is 0.695. The second-order valence-corrected chi connectivity index (χ2v) is 2.35. The molecular weight excluding hydrogens is 160 g/mol. The summed E-state index contributed by atoms with van der Waals surface area (Å²) in [6.07, 6.45) is 1.23. The zero-order chi connectivity index (χ0) is 9.14. The molecule has 1 atom stereocenters. The van der Waals surface area contributed by atoms with Crippen LogP contribution in [0.15, 0.2) is 10.7 Å². The Morgan fingerprint density at radius 3 is 2.92 bits per heavy atom. The molecule has 1 heterocycles. The maximum absolute atomic E-state index is 10.9. The van der Waals surface area contributed by atoms with E-state index in [9.17, 15) is 4.79 Å². The Morgan fingerprint density at radius 1 is 1.83 bits per heavy atom. The van der Waals surface area contributed by atoms with Crippen LogP contribution >= 0.6 is 0 Å². The number of carbonyl (C=O) groups excluding carboxylic acids is 1. The number of aromatic nitrogens is 1. The van der Waals surface area contributed by atoms with Crippen molar-refractivity contribution in [3.8, 4) is 0 Å². The Bertz CT molecular complexity index is 280. The minimum Gasteiger partial charge on any atom is -0.464 e. The second-order valence-electron chi connectivity index (χ2n) is 2.35. The van der Waals surface area contributed by atoms with Gasteiger partial charge in [-0.05, 0) is 6.92 Å². The monoisotopic (exact) mass is 170 g/mol. The minimum absolute atomic E-state index is 0.143. The van der Waals surface area contributed by atoms with E-state index in [1.54, 1.807) is 6.92 Å². The van der Waals surface area contributed by atoms with E-state index in [4.69, 9.17) is 10.2 Å². The summed E-state index contributed by atoms with van der Waals surface area (Å²) in [5.41, 5.74) is 5.60. The van der Waals surface area contributed by atoms with Crippen molar-refractivity contribution >= 4 is 5.97 Å². The maximum atomic E-state index is 10.9. The summed E-state index contributed by atoms with van der Waals surface area (Å²) in [5.74, 6) is -0.193. The molecule has 0 aliphatic heterocycles. The van der Waals surface area contributed by atoms with Gasteiger partial charge in [0.05, 0.1) is 13.2 Å². The van der Waals surface area contributed by atoms with Gasteiger partial charge in [0.1, 0.15) is 6.26 Å². The molecule has 0 aromatic carbocycles. The van der Waals surface area contributed by atoms with Gasteiger partial charge in [-0.2, -0.15) is 0 Å². The third-order valence-corrected chi connectivity index (χ3v) is 1.31. The molecule has 1 aromatic heterocycles. The van der Waals surface area contributed by atoms with Gasteiger partial charge in [0.25, 0.3) is 0 Å². The lowest BCUT2D eigenvalue weighted by atomic mass is 10.4. The first-order valence-electron chi connectivity index (χ1n) is 3.44. The molecule has 1 aromatic rings. The molecule has 0 fully saturated rings. The van der Waals surface area contributed by atoms with E-state index in [-0.39, 0.29) is 11.7 Å². The molecule has 0 aliphatic carbocycles. The Labute approximate surface area is 69.5 Å². The highest BCUT2D eigenvalue weighted by molar-refractivity contribution is 5.86. The number of hydrogen-bond acceptors (Lipinski definition) is 5. The first kappa shape index (κ1) is 8.73. The van der Waals surface area contributed by atoms with Crippen molar-refractivity contribution in [2.24, 2.45) is 5.73 Å². The fraction of sp³-hybridized carbons (Fsp3) is 0.429. The minimum atomic E-state index is -0.523. The standard InChI is InChI=1S/C7H10N2O3/c1-4(8)6-9-5(3-12-6)7(10)11-2/h3-4H,8H2,1-2H3/t4-/m0/s1. The van der Waals surface area contributed by atoms with Gasteiger partial charge in [0.15, 0.2) is 5.69 Å². The first-order chi connectivity index (χ1) is 5.65. The molecule has 5 nitrogen and oxygen atoms in total. The van der Waals surface area contributed by atoms with Crippen LogP contribution < -0.4 is 5.73 Å². The van der Waals surface area contributed by atoms with Crippen LogP contribution in [0.4, 0.5) is 0 Å². The van der Waals surface area contributed by atoms with E-state index < -0.39 is 5.97 Å². The SMILES string of the molecule is COC(=O)c1coc([C@H](C)N)n1. The quantitative estimate of drug-likeness (QED) is 0.653. The third kappa shape index (κ3) is 1.62. The smallest absolute Gasteiger partial charge is 0.360 e. The Morgan fingerprint density at radius 2 is 2.50 bits per heavy atom. The van der Waals surface area contributed by atoms with Gasteiger partial charge < -0.3 is 14.9 Å². The lowest BCUT2D eigenvalue weighted by Crippen LogP contribution is -2.07. The largest absolute Gasteiger partial charge is 0.464 e. The highest BCUT2D eigenvalue weighted by Crippen LogP contribution is 2.09. The number of carbonyl (C=O) groups is 1. The van der Waals surface area contributed by atoms with Crippen LogP contribution in [0.25, 0.3) is 0 Å². The number of hydrogen-bond donors (Lipinski definition) is 1. The predicted molar refractivity (Wildman–Crippen MR) is 40.4 cm³/mol. The number of oxazole rings is 1. The zero-order valence-electron chi connectivity index (χ0n) is 6.90. The molecule has 0 amide bonds. The van der Waals surface area contributed by atoms with Crippen LogP contribution in [0.5, 0.6) is 0 Å². The van der Waals surface area contributed by atoms with E-state index in [2.05, 4.69) is 9.72 Å². The Balaban J connectivity index is 2.84.